The van der Waals surface area contributed by atoms with Crippen molar-refractivity contribution in [1.82, 2.24) is 0 Å². The molecule has 0 heterocycles. The Morgan fingerprint density at radius 1 is 0.760 bits per heavy atom. The molecule has 1 N–H and O–H groups in total. The van der Waals surface area contributed by atoms with Gasteiger partial charge in [0.25, 0.3) is 0 Å². The molecular weight excluding hydrogens is 306 g/mol. The van der Waals surface area contributed by atoms with Crippen LogP contribution in [-0.4, -0.2) is 42.4 Å². The lowest BCUT2D eigenvalue weighted by Crippen LogP contribution is -2.57. The van der Waals surface area contributed by atoms with Crippen molar-refractivity contribution >= 4 is 0 Å². The summed E-state index contributed by atoms with van der Waals surface area (Å²) in [5, 5.41) is 11.5. The van der Waals surface area contributed by atoms with Crippen molar-refractivity contribution in [3.8, 4) is 0 Å². The smallest absolute Gasteiger partial charge is 0.0783 e. The summed E-state index contributed by atoms with van der Waals surface area (Å²) in [5.41, 5.74) is -0.298. The van der Waals surface area contributed by atoms with Crippen LogP contribution in [0.4, 0.5) is 0 Å². The predicted octanol–water partition coefficient (Wildman–Crippen LogP) is 5.39. The van der Waals surface area contributed by atoms with Gasteiger partial charge in [0.15, 0.2) is 0 Å². The summed E-state index contributed by atoms with van der Waals surface area (Å²) >= 11 is 0. The Kier molecular flexibility index (Phi) is 6.53. The first-order chi connectivity index (χ1) is 11.9. The van der Waals surface area contributed by atoms with Gasteiger partial charge in [-0.3, -0.25) is 0 Å². The summed E-state index contributed by atoms with van der Waals surface area (Å²) in [4.78, 5) is 0. The zero-order valence-corrected chi connectivity index (χ0v) is 17.3. The molecule has 2 heteroatoms. The van der Waals surface area contributed by atoms with Gasteiger partial charge in [-0.1, -0.05) is 32.6 Å². The topological polar surface area (TPSA) is 20.2 Å². The van der Waals surface area contributed by atoms with Crippen LogP contribution < -0.4 is 0 Å². The van der Waals surface area contributed by atoms with E-state index in [1.165, 1.54) is 90.1 Å². The van der Waals surface area contributed by atoms with Crippen LogP contribution in [0.5, 0.6) is 0 Å². The highest BCUT2D eigenvalue weighted by Gasteiger charge is 2.55. The van der Waals surface area contributed by atoms with E-state index in [1.807, 2.05) is 0 Å². The van der Waals surface area contributed by atoms with E-state index in [1.54, 1.807) is 0 Å². The zero-order valence-electron chi connectivity index (χ0n) is 17.3. The molecule has 2 nitrogen and oxygen atoms in total. The highest BCUT2D eigenvalue weighted by molar-refractivity contribution is 5.06. The van der Waals surface area contributed by atoms with Gasteiger partial charge in [-0.25, -0.2) is 0 Å². The van der Waals surface area contributed by atoms with Gasteiger partial charge in [0, 0.05) is 0 Å². The molecule has 4 aliphatic rings. The summed E-state index contributed by atoms with van der Waals surface area (Å²) in [6.45, 7) is 4.84. The van der Waals surface area contributed by atoms with Crippen LogP contribution in [0.25, 0.3) is 0 Å². The van der Waals surface area contributed by atoms with Gasteiger partial charge >= 0.3 is 0 Å². The molecule has 0 aromatic rings. The third-order valence-electron chi connectivity index (χ3n) is 8.01. The van der Waals surface area contributed by atoms with Crippen molar-refractivity contribution in [2.75, 3.05) is 27.2 Å². The third kappa shape index (κ3) is 4.80. The zero-order chi connectivity index (χ0) is 17.9. The lowest BCUT2D eigenvalue weighted by atomic mass is 9.49. The van der Waals surface area contributed by atoms with Gasteiger partial charge in [0.1, 0.15) is 0 Å². The quantitative estimate of drug-likeness (QED) is 0.391. The molecule has 0 aliphatic heterocycles. The van der Waals surface area contributed by atoms with E-state index in [0.717, 1.165) is 22.7 Å². The van der Waals surface area contributed by atoms with Crippen molar-refractivity contribution in [1.29, 1.82) is 0 Å². The van der Waals surface area contributed by atoms with Crippen LogP contribution in [0.2, 0.25) is 0 Å². The second kappa shape index (κ2) is 8.30. The van der Waals surface area contributed by atoms with Gasteiger partial charge < -0.3 is 9.59 Å². The van der Waals surface area contributed by atoms with Crippen LogP contribution in [0.3, 0.4) is 0 Å². The highest BCUT2D eigenvalue weighted by atomic mass is 16.3. The highest BCUT2D eigenvalue weighted by Crippen LogP contribution is 2.59. The Hall–Kier alpha value is -0.0800. The molecule has 0 atom stereocenters. The Labute approximate surface area is 157 Å². The molecule has 4 aliphatic carbocycles. The molecule has 25 heavy (non-hydrogen) atoms. The lowest BCUT2D eigenvalue weighted by Gasteiger charge is -2.59. The van der Waals surface area contributed by atoms with Gasteiger partial charge in [-0.2, -0.15) is 0 Å². The average Bonchev–Trinajstić information content (AvgIpc) is 2.55. The van der Waals surface area contributed by atoms with E-state index in [4.69, 9.17) is 0 Å². The van der Waals surface area contributed by atoms with E-state index >= 15 is 0 Å². The average molecular weight is 351 g/mol. The third-order valence-corrected chi connectivity index (χ3v) is 8.01. The van der Waals surface area contributed by atoms with E-state index in [9.17, 15) is 5.11 Å². The van der Waals surface area contributed by atoms with Crippen LogP contribution in [-0.2, 0) is 0 Å². The molecule has 0 unspecified atom stereocenters. The van der Waals surface area contributed by atoms with Crippen LogP contribution >= 0.6 is 0 Å². The molecule has 4 fully saturated rings. The second-order valence-electron chi connectivity index (χ2n) is 10.5. The van der Waals surface area contributed by atoms with E-state index in [-0.39, 0.29) is 5.60 Å². The Bertz CT molecular complexity index is 388. The molecule has 4 bridgehead atoms. The normalized spacial score (nSPS) is 37.0. The monoisotopic (exact) mass is 350 g/mol. The molecule has 0 spiro atoms. The van der Waals surface area contributed by atoms with Crippen molar-refractivity contribution in [3.05, 3.63) is 0 Å². The van der Waals surface area contributed by atoms with Crippen LogP contribution in [0.1, 0.15) is 90.4 Å². The molecule has 0 saturated heterocycles. The first-order valence-electron chi connectivity index (χ1n) is 11.5. The number of rotatable bonds is 11. The molecular formula is C23H44NO+. The van der Waals surface area contributed by atoms with Gasteiger partial charge in [-0.05, 0) is 81.5 Å². The maximum atomic E-state index is 11.5. The maximum absolute atomic E-state index is 11.5. The number of aliphatic hydroxyl groups is 1. The summed E-state index contributed by atoms with van der Waals surface area (Å²) in [7, 11) is 4.79. The van der Waals surface area contributed by atoms with Gasteiger partial charge in [-0.15, -0.1) is 0 Å². The van der Waals surface area contributed by atoms with Crippen LogP contribution in [0, 0.1) is 23.7 Å². The summed E-state index contributed by atoms with van der Waals surface area (Å²) in [6.07, 6.45) is 17.4. The van der Waals surface area contributed by atoms with Crippen molar-refractivity contribution in [2.45, 2.75) is 96.0 Å². The van der Waals surface area contributed by atoms with Gasteiger partial charge in [0.2, 0.25) is 0 Å². The number of hydrogen-bond donors (Lipinski definition) is 1. The molecule has 146 valence electrons. The summed E-state index contributed by atoms with van der Waals surface area (Å²) in [6, 6.07) is 0. The summed E-state index contributed by atoms with van der Waals surface area (Å²) in [5.74, 6) is 3.20. The molecule has 4 saturated carbocycles. The fourth-order valence-corrected chi connectivity index (χ4v) is 6.63. The minimum Gasteiger partial charge on any atom is -0.389 e. The fraction of sp³-hybridized carbons (Fsp3) is 1.00. The minimum atomic E-state index is -0.298. The lowest BCUT2D eigenvalue weighted by molar-refractivity contribution is -0.890. The number of hydrogen-bond acceptors (Lipinski definition) is 1. The Balaban J connectivity index is 1.37. The van der Waals surface area contributed by atoms with Crippen molar-refractivity contribution < 1.29 is 9.59 Å². The standard InChI is InChI=1S/C23H44NO/c1-4-5-6-7-8-9-12-24(2,3)13-10-11-23(25)21-15-19-14-20(17-21)18-22(23)16-19/h19-22,25H,4-18H2,1-3H3/q+1. The second-order valence-corrected chi connectivity index (χ2v) is 10.5. The van der Waals surface area contributed by atoms with E-state index in [2.05, 4.69) is 21.0 Å². The number of nitrogens with zero attached hydrogens (tertiary/aromatic N) is 1. The van der Waals surface area contributed by atoms with Crippen LogP contribution in [0.15, 0.2) is 0 Å². The van der Waals surface area contributed by atoms with Gasteiger partial charge in [0.05, 0.1) is 32.8 Å². The maximum Gasteiger partial charge on any atom is 0.0783 e. The SMILES string of the molecule is CCCCCCCC[N+](C)(C)CCCC1(O)C2CC3CC(C2)CC1C3. The molecule has 0 aromatic carbocycles. The summed E-state index contributed by atoms with van der Waals surface area (Å²) < 4.78 is 1.14. The minimum absolute atomic E-state index is 0.298. The van der Waals surface area contributed by atoms with E-state index < -0.39 is 0 Å². The molecule has 0 aromatic heterocycles. The molecule has 0 amide bonds. The number of quaternary nitrogens is 1. The number of unbranched alkanes of at least 4 members (excludes halogenated alkanes) is 5. The molecule has 0 radical (unpaired) electrons. The largest absolute Gasteiger partial charge is 0.389 e. The fourth-order valence-electron chi connectivity index (χ4n) is 6.63. The molecule has 4 rings (SSSR count). The van der Waals surface area contributed by atoms with Crippen molar-refractivity contribution in [2.24, 2.45) is 23.7 Å². The first kappa shape index (κ1) is 19.7. The van der Waals surface area contributed by atoms with E-state index in [0.29, 0.717) is 11.8 Å². The van der Waals surface area contributed by atoms with Crippen molar-refractivity contribution in [3.63, 3.8) is 0 Å². The Morgan fingerprint density at radius 2 is 1.28 bits per heavy atom. The first-order valence-corrected chi connectivity index (χ1v) is 11.5. The Morgan fingerprint density at radius 3 is 1.88 bits per heavy atom. The predicted molar refractivity (Wildman–Crippen MR) is 106 cm³/mol.